The first-order valence-electron chi connectivity index (χ1n) is 8.16. The average Bonchev–Trinajstić information content (AvgIpc) is 2.97. The monoisotopic (exact) mass is 340 g/mol. The normalized spacial score (nSPS) is 15.3. The van der Waals surface area contributed by atoms with Crippen molar-refractivity contribution in [2.75, 3.05) is 13.1 Å². The Hall–Kier alpha value is -2.39. The molecule has 24 heavy (non-hydrogen) atoms. The van der Waals surface area contributed by atoms with E-state index in [4.69, 9.17) is 5.26 Å². The van der Waals surface area contributed by atoms with E-state index in [-0.39, 0.29) is 6.03 Å². The smallest absolute Gasteiger partial charge is 0.323 e. The van der Waals surface area contributed by atoms with Crippen molar-refractivity contribution in [3.05, 3.63) is 45.7 Å². The van der Waals surface area contributed by atoms with Crippen LogP contribution in [-0.4, -0.2) is 28.6 Å². The second-order valence-corrected chi connectivity index (χ2v) is 7.15. The maximum absolute atomic E-state index is 12.4. The quantitative estimate of drug-likeness (QED) is 0.841. The number of carbonyl (C=O) groups is 1. The number of likely N-dealkylation sites (tertiary alicyclic amines) is 1. The van der Waals surface area contributed by atoms with Crippen molar-refractivity contribution in [2.24, 2.45) is 4.99 Å². The highest BCUT2D eigenvalue weighted by molar-refractivity contribution is 7.09. The number of urea groups is 1. The standard InChI is InChI=1S/C18H20N4OS/c1-14-13-22(16-7-5-15(6-8-16)9-10-19)18(24-14)20-17(23)21-11-3-2-4-12-21/h5-8,13H,2-4,9,11-12H2,1H3/b20-18-. The van der Waals surface area contributed by atoms with Gasteiger partial charge in [0.15, 0.2) is 4.80 Å². The number of hydrogen-bond donors (Lipinski definition) is 0. The topological polar surface area (TPSA) is 61.4 Å². The molecule has 0 radical (unpaired) electrons. The largest absolute Gasteiger partial charge is 0.346 e. The minimum absolute atomic E-state index is 0.147. The van der Waals surface area contributed by atoms with E-state index < -0.39 is 0 Å². The molecule has 6 heteroatoms. The Morgan fingerprint density at radius 2 is 1.96 bits per heavy atom. The Bertz CT molecular complexity index is 820. The van der Waals surface area contributed by atoms with Gasteiger partial charge in [0.05, 0.1) is 12.5 Å². The summed E-state index contributed by atoms with van der Waals surface area (Å²) in [5.74, 6) is 0. The molecule has 0 unspecified atom stereocenters. The molecule has 0 spiro atoms. The molecule has 124 valence electrons. The first kappa shape index (κ1) is 16.5. The zero-order valence-electron chi connectivity index (χ0n) is 13.7. The van der Waals surface area contributed by atoms with Gasteiger partial charge in [-0.15, -0.1) is 11.3 Å². The predicted octanol–water partition coefficient (Wildman–Crippen LogP) is 3.42. The van der Waals surface area contributed by atoms with Gasteiger partial charge in [0.1, 0.15) is 0 Å². The maximum atomic E-state index is 12.4. The maximum Gasteiger partial charge on any atom is 0.346 e. The molecule has 2 heterocycles. The van der Waals surface area contributed by atoms with E-state index in [9.17, 15) is 4.79 Å². The highest BCUT2D eigenvalue weighted by Crippen LogP contribution is 2.13. The Balaban J connectivity index is 1.91. The van der Waals surface area contributed by atoms with E-state index in [1.165, 1.54) is 17.8 Å². The fraction of sp³-hybridized carbons (Fsp3) is 0.389. The Labute approximate surface area is 145 Å². The molecule has 1 aromatic carbocycles. The highest BCUT2D eigenvalue weighted by atomic mass is 32.1. The lowest BCUT2D eigenvalue weighted by molar-refractivity contribution is 0.195. The second-order valence-electron chi connectivity index (χ2n) is 5.94. The summed E-state index contributed by atoms with van der Waals surface area (Å²) in [7, 11) is 0. The van der Waals surface area contributed by atoms with Crippen LogP contribution in [0.4, 0.5) is 4.79 Å². The molecule has 2 amide bonds. The third-order valence-corrected chi connectivity index (χ3v) is 4.98. The molecule has 0 atom stereocenters. The van der Waals surface area contributed by atoms with Gasteiger partial charge in [-0.3, -0.25) is 4.57 Å². The minimum Gasteiger partial charge on any atom is -0.323 e. The number of benzene rings is 1. The molecule has 1 aliphatic heterocycles. The number of piperidine rings is 1. The van der Waals surface area contributed by atoms with Crippen LogP contribution in [0, 0.1) is 18.3 Å². The number of amides is 2. The van der Waals surface area contributed by atoms with Crippen molar-refractivity contribution < 1.29 is 4.79 Å². The lowest BCUT2D eigenvalue weighted by Crippen LogP contribution is -2.34. The lowest BCUT2D eigenvalue weighted by atomic mass is 10.1. The number of thiazole rings is 1. The average molecular weight is 340 g/mol. The molecule has 0 bridgehead atoms. The zero-order chi connectivity index (χ0) is 16.9. The number of aryl methyl sites for hydroxylation is 1. The molecule has 0 saturated carbocycles. The minimum atomic E-state index is -0.147. The van der Waals surface area contributed by atoms with Gasteiger partial charge in [0, 0.05) is 29.9 Å². The third-order valence-electron chi connectivity index (χ3n) is 4.08. The number of nitriles is 1. The summed E-state index contributed by atoms with van der Waals surface area (Å²) in [6.07, 6.45) is 5.71. The van der Waals surface area contributed by atoms with Crippen LogP contribution in [-0.2, 0) is 6.42 Å². The molecule has 3 rings (SSSR count). The molecule has 1 aromatic heterocycles. The van der Waals surface area contributed by atoms with Crippen LogP contribution in [0.3, 0.4) is 0 Å². The number of carbonyl (C=O) groups excluding carboxylic acids is 1. The van der Waals surface area contributed by atoms with Crippen molar-refractivity contribution in [3.63, 3.8) is 0 Å². The van der Waals surface area contributed by atoms with E-state index in [1.807, 2.05) is 46.9 Å². The summed E-state index contributed by atoms with van der Waals surface area (Å²) in [6.45, 7) is 3.61. The van der Waals surface area contributed by atoms with Gasteiger partial charge < -0.3 is 4.90 Å². The molecular formula is C18H20N4OS. The van der Waals surface area contributed by atoms with E-state index >= 15 is 0 Å². The lowest BCUT2D eigenvalue weighted by Gasteiger charge is -2.24. The van der Waals surface area contributed by atoms with Crippen LogP contribution >= 0.6 is 11.3 Å². The molecule has 1 fully saturated rings. The first-order valence-corrected chi connectivity index (χ1v) is 8.98. The van der Waals surface area contributed by atoms with E-state index in [0.29, 0.717) is 11.2 Å². The summed E-state index contributed by atoms with van der Waals surface area (Å²) in [4.78, 5) is 20.4. The summed E-state index contributed by atoms with van der Waals surface area (Å²) in [5.41, 5.74) is 1.93. The molecular weight excluding hydrogens is 320 g/mol. The number of rotatable bonds is 2. The van der Waals surface area contributed by atoms with Crippen LogP contribution in [0.2, 0.25) is 0 Å². The number of nitrogens with zero attached hydrogens (tertiary/aromatic N) is 4. The molecule has 1 saturated heterocycles. The fourth-order valence-electron chi connectivity index (χ4n) is 2.82. The van der Waals surface area contributed by atoms with E-state index in [1.54, 1.807) is 0 Å². The van der Waals surface area contributed by atoms with Crippen molar-refractivity contribution >= 4 is 17.4 Å². The van der Waals surface area contributed by atoms with Crippen LogP contribution in [0.15, 0.2) is 35.5 Å². The predicted molar refractivity (Wildman–Crippen MR) is 94.1 cm³/mol. The van der Waals surface area contributed by atoms with Gasteiger partial charge >= 0.3 is 6.03 Å². The summed E-state index contributed by atoms with van der Waals surface area (Å²) >= 11 is 1.51. The SMILES string of the molecule is Cc1cn(-c2ccc(CC#N)cc2)/c(=N/C(=O)N2CCCCC2)s1. The van der Waals surface area contributed by atoms with Crippen molar-refractivity contribution in [1.29, 1.82) is 5.26 Å². The van der Waals surface area contributed by atoms with Crippen LogP contribution < -0.4 is 4.80 Å². The molecule has 0 N–H and O–H groups in total. The van der Waals surface area contributed by atoms with Gasteiger partial charge in [0.2, 0.25) is 0 Å². The Morgan fingerprint density at radius 1 is 1.25 bits per heavy atom. The Kier molecular flexibility index (Phi) is 5.11. The second kappa shape index (κ2) is 7.45. The number of hydrogen-bond acceptors (Lipinski definition) is 3. The first-order chi connectivity index (χ1) is 11.7. The van der Waals surface area contributed by atoms with E-state index in [0.717, 1.165) is 42.1 Å². The molecule has 0 aliphatic carbocycles. The summed E-state index contributed by atoms with van der Waals surface area (Å²) < 4.78 is 1.94. The van der Waals surface area contributed by atoms with Gasteiger partial charge in [-0.2, -0.15) is 10.3 Å². The van der Waals surface area contributed by atoms with Gasteiger partial charge in [-0.1, -0.05) is 12.1 Å². The van der Waals surface area contributed by atoms with Gasteiger partial charge in [-0.05, 0) is 43.9 Å². The molecule has 2 aromatic rings. The fourth-order valence-corrected chi connectivity index (χ4v) is 3.65. The molecule has 1 aliphatic rings. The van der Waals surface area contributed by atoms with Crippen LogP contribution in [0.5, 0.6) is 0 Å². The van der Waals surface area contributed by atoms with Crippen LogP contribution in [0.1, 0.15) is 29.7 Å². The van der Waals surface area contributed by atoms with Crippen molar-refractivity contribution in [1.82, 2.24) is 9.47 Å². The highest BCUT2D eigenvalue weighted by Gasteiger charge is 2.16. The summed E-state index contributed by atoms with van der Waals surface area (Å²) in [6, 6.07) is 9.80. The van der Waals surface area contributed by atoms with Crippen molar-refractivity contribution in [3.8, 4) is 11.8 Å². The third kappa shape index (κ3) is 3.74. The summed E-state index contributed by atoms with van der Waals surface area (Å²) in [5, 5.41) is 8.77. The Morgan fingerprint density at radius 3 is 2.62 bits per heavy atom. The van der Waals surface area contributed by atoms with Gasteiger partial charge in [-0.25, -0.2) is 4.79 Å². The van der Waals surface area contributed by atoms with Gasteiger partial charge in [0.25, 0.3) is 0 Å². The number of aromatic nitrogens is 1. The van der Waals surface area contributed by atoms with Crippen molar-refractivity contribution in [2.45, 2.75) is 32.6 Å². The van der Waals surface area contributed by atoms with Crippen LogP contribution in [0.25, 0.3) is 5.69 Å². The molecule has 5 nitrogen and oxygen atoms in total. The van der Waals surface area contributed by atoms with E-state index in [2.05, 4.69) is 11.1 Å². The zero-order valence-corrected chi connectivity index (χ0v) is 14.6.